The predicted octanol–water partition coefficient (Wildman–Crippen LogP) is 0.00740. The van der Waals surface area contributed by atoms with Crippen molar-refractivity contribution in [3.8, 4) is 0 Å². The molecule has 1 aliphatic heterocycles. The van der Waals surface area contributed by atoms with Gasteiger partial charge in [0.05, 0.1) is 46.1 Å². The summed E-state index contributed by atoms with van der Waals surface area (Å²) >= 11 is 0. The van der Waals surface area contributed by atoms with Gasteiger partial charge >= 0.3 is 0 Å². The summed E-state index contributed by atoms with van der Waals surface area (Å²) in [4.78, 5) is 13.6. The van der Waals surface area contributed by atoms with Gasteiger partial charge in [-0.3, -0.25) is 4.79 Å². The van der Waals surface area contributed by atoms with E-state index < -0.39 is 0 Å². The van der Waals surface area contributed by atoms with Crippen LogP contribution in [0.2, 0.25) is 0 Å². The average Bonchev–Trinajstić information content (AvgIpc) is 2.95. The lowest BCUT2D eigenvalue weighted by Crippen LogP contribution is -2.28. The Balaban J connectivity index is 1.79. The quantitative estimate of drug-likeness (QED) is 0.537. The molecule has 0 aliphatic carbocycles. The molecule has 1 saturated heterocycles. The van der Waals surface area contributed by atoms with Crippen molar-refractivity contribution in [3.63, 3.8) is 0 Å². The van der Waals surface area contributed by atoms with Crippen molar-refractivity contribution in [2.45, 2.75) is 19.3 Å². The van der Waals surface area contributed by atoms with Crippen LogP contribution < -0.4 is 5.73 Å². The van der Waals surface area contributed by atoms with E-state index in [-0.39, 0.29) is 5.91 Å². The fourth-order valence-corrected chi connectivity index (χ4v) is 1.91. The van der Waals surface area contributed by atoms with Crippen molar-refractivity contribution < 1.29 is 19.0 Å². The Morgan fingerprint density at radius 1 is 0.895 bits per heavy atom. The molecule has 0 saturated carbocycles. The third-order valence-corrected chi connectivity index (χ3v) is 2.93. The van der Waals surface area contributed by atoms with Crippen LogP contribution in [0.15, 0.2) is 0 Å². The minimum absolute atomic E-state index is 0.202. The molecule has 6 heteroatoms. The molecular formula is C13H26N2O4. The van der Waals surface area contributed by atoms with E-state index in [1.807, 2.05) is 4.90 Å². The van der Waals surface area contributed by atoms with Crippen molar-refractivity contribution in [1.82, 2.24) is 4.90 Å². The first-order valence-electron chi connectivity index (χ1n) is 7.05. The summed E-state index contributed by atoms with van der Waals surface area (Å²) in [7, 11) is 0. The molecular weight excluding hydrogens is 248 g/mol. The number of hydrogen-bond donors (Lipinski definition) is 1. The van der Waals surface area contributed by atoms with Crippen LogP contribution in [0.25, 0.3) is 0 Å². The maximum atomic E-state index is 11.7. The molecule has 112 valence electrons. The summed E-state index contributed by atoms with van der Waals surface area (Å²) in [6.07, 6.45) is 2.74. The minimum Gasteiger partial charge on any atom is -0.379 e. The van der Waals surface area contributed by atoms with Gasteiger partial charge in [-0.1, -0.05) is 0 Å². The van der Waals surface area contributed by atoms with Crippen molar-refractivity contribution in [2.75, 3.05) is 59.3 Å². The van der Waals surface area contributed by atoms with E-state index in [1.165, 1.54) is 0 Å². The average molecular weight is 274 g/mol. The highest BCUT2D eigenvalue weighted by molar-refractivity contribution is 5.76. The molecule has 2 N–H and O–H groups in total. The molecule has 0 spiro atoms. The maximum Gasteiger partial charge on any atom is 0.224 e. The topological polar surface area (TPSA) is 74.0 Å². The summed E-state index contributed by atoms with van der Waals surface area (Å²) in [5.74, 6) is 0.202. The summed E-state index contributed by atoms with van der Waals surface area (Å²) in [5.41, 5.74) is 5.28. The highest BCUT2D eigenvalue weighted by atomic mass is 16.5. The van der Waals surface area contributed by atoms with Crippen LogP contribution in [0.3, 0.4) is 0 Å². The molecule has 0 unspecified atom stereocenters. The highest BCUT2D eigenvalue weighted by Crippen LogP contribution is 2.08. The zero-order chi connectivity index (χ0) is 13.8. The van der Waals surface area contributed by atoms with Crippen LogP contribution in [0.1, 0.15) is 19.3 Å². The van der Waals surface area contributed by atoms with Gasteiger partial charge in [0.2, 0.25) is 5.91 Å². The summed E-state index contributed by atoms with van der Waals surface area (Å²) < 4.78 is 15.8. The van der Waals surface area contributed by atoms with Crippen molar-refractivity contribution in [1.29, 1.82) is 0 Å². The molecule has 0 atom stereocenters. The lowest BCUT2D eigenvalue weighted by atomic mass is 10.4. The van der Waals surface area contributed by atoms with Crippen LogP contribution in [0.5, 0.6) is 0 Å². The molecule has 0 aromatic heterocycles. The smallest absolute Gasteiger partial charge is 0.224 e. The van der Waals surface area contributed by atoms with Gasteiger partial charge < -0.3 is 24.8 Å². The zero-order valence-electron chi connectivity index (χ0n) is 11.6. The molecule has 19 heavy (non-hydrogen) atoms. The van der Waals surface area contributed by atoms with Gasteiger partial charge in [0.15, 0.2) is 0 Å². The number of carbonyl (C=O) groups excluding carboxylic acids is 1. The maximum absolute atomic E-state index is 11.7. The van der Waals surface area contributed by atoms with Gasteiger partial charge in [0, 0.05) is 19.6 Å². The molecule has 1 aliphatic rings. The second kappa shape index (κ2) is 11.2. The molecule has 0 aromatic carbocycles. The summed E-state index contributed by atoms with van der Waals surface area (Å²) in [6, 6.07) is 0. The number of carbonyl (C=O) groups is 1. The Hall–Kier alpha value is -0.690. The van der Waals surface area contributed by atoms with Crippen LogP contribution in [-0.4, -0.2) is 70.1 Å². The number of nitrogens with zero attached hydrogens (tertiary/aromatic N) is 1. The van der Waals surface area contributed by atoms with Crippen molar-refractivity contribution in [3.05, 3.63) is 0 Å². The zero-order valence-corrected chi connectivity index (χ0v) is 11.6. The van der Waals surface area contributed by atoms with Crippen molar-refractivity contribution in [2.24, 2.45) is 5.73 Å². The molecule has 6 nitrogen and oxygen atoms in total. The Morgan fingerprint density at radius 3 is 2.00 bits per heavy atom. The Kier molecular flexibility index (Phi) is 9.61. The van der Waals surface area contributed by atoms with E-state index in [9.17, 15) is 4.79 Å². The molecule has 1 rings (SSSR count). The first-order valence-corrected chi connectivity index (χ1v) is 7.05. The highest BCUT2D eigenvalue weighted by Gasteiger charge is 2.16. The van der Waals surface area contributed by atoms with Crippen molar-refractivity contribution >= 4 is 5.91 Å². The van der Waals surface area contributed by atoms with Crippen LogP contribution in [0.4, 0.5) is 0 Å². The fraction of sp³-hybridized carbons (Fsp3) is 0.923. The van der Waals surface area contributed by atoms with Crippen LogP contribution in [-0.2, 0) is 19.0 Å². The minimum atomic E-state index is 0.202. The van der Waals surface area contributed by atoms with E-state index in [0.717, 1.165) is 25.9 Å². The second-order valence-electron chi connectivity index (χ2n) is 4.46. The number of hydrogen-bond acceptors (Lipinski definition) is 5. The molecule has 0 radical (unpaired) electrons. The fourth-order valence-electron chi connectivity index (χ4n) is 1.91. The first-order chi connectivity index (χ1) is 9.34. The Morgan fingerprint density at radius 2 is 1.42 bits per heavy atom. The molecule has 1 amide bonds. The normalized spacial score (nSPS) is 15.1. The summed E-state index contributed by atoms with van der Waals surface area (Å²) in [6.45, 7) is 5.55. The standard InChI is InChI=1S/C13H26N2O4/c14-4-8-18-10-12-19-11-9-17-7-3-13(16)15-5-1-2-6-15/h1-12,14H2. The van der Waals surface area contributed by atoms with Gasteiger partial charge in [0.1, 0.15) is 0 Å². The largest absolute Gasteiger partial charge is 0.379 e. The van der Waals surface area contributed by atoms with E-state index in [2.05, 4.69) is 0 Å². The van der Waals surface area contributed by atoms with Gasteiger partial charge in [-0.15, -0.1) is 0 Å². The number of ether oxygens (including phenoxy) is 3. The molecule has 0 aromatic rings. The van der Waals surface area contributed by atoms with Gasteiger partial charge in [-0.25, -0.2) is 0 Å². The molecule has 1 heterocycles. The van der Waals surface area contributed by atoms with Crippen LogP contribution in [0, 0.1) is 0 Å². The number of likely N-dealkylation sites (tertiary alicyclic amines) is 1. The lowest BCUT2D eigenvalue weighted by Gasteiger charge is -2.14. The third kappa shape index (κ3) is 8.15. The molecule has 0 bridgehead atoms. The number of nitrogens with two attached hydrogens (primary N) is 1. The number of amides is 1. The van der Waals surface area contributed by atoms with E-state index >= 15 is 0 Å². The van der Waals surface area contributed by atoms with Gasteiger partial charge in [-0.05, 0) is 12.8 Å². The SMILES string of the molecule is NCCOCCOCCOCCC(=O)N1CCCC1. The lowest BCUT2D eigenvalue weighted by molar-refractivity contribution is -0.131. The van der Waals surface area contributed by atoms with E-state index in [0.29, 0.717) is 52.6 Å². The van der Waals surface area contributed by atoms with Gasteiger partial charge in [-0.2, -0.15) is 0 Å². The Labute approximate surface area is 115 Å². The van der Waals surface area contributed by atoms with Gasteiger partial charge in [0.25, 0.3) is 0 Å². The van der Waals surface area contributed by atoms with E-state index in [1.54, 1.807) is 0 Å². The first kappa shape index (κ1) is 16.4. The second-order valence-corrected chi connectivity index (χ2v) is 4.46. The third-order valence-electron chi connectivity index (χ3n) is 2.93. The number of rotatable bonds is 11. The predicted molar refractivity (Wildman–Crippen MR) is 71.9 cm³/mol. The Bertz CT molecular complexity index is 233. The van der Waals surface area contributed by atoms with E-state index in [4.69, 9.17) is 19.9 Å². The van der Waals surface area contributed by atoms with Crippen LogP contribution >= 0.6 is 0 Å². The summed E-state index contributed by atoms with van der Waals surface area (Å²) in [5, 5.41) is 0. The molecule has 1 fully saturated rings. The monoisotopic (exact) mass is 274 g/mol.